The summed E-state index contributed by atoms with van der Waals surface area (Å²) in [4.78, 5) is 15.3. The van der Waals surface area contributed by atoms with Gasteiger partial charge in [-0.3, -0.25) is 0 Å². The second-order valence-electron chi connectivity index (χ2n) is 3.12. The Morgan fingerprint density at radius 1 is 1.75 bits per heavy atom. The highest BCUT2D eigenvalue weighted by Crippen LogP contribution is 2.23. The van der Waals surface area contributed by atoms with E-state index < -0.39 is 0 Å². The fourth-order valence-electron chi connectivity index (χ4n) is 1.17. The molecule has 0 aromatic carbocycles. The summed E-state index contributed by atoms with van der Waals surface area (Å²) < 4.78 is 5.35. The van der Waals surface area contributed by atoms with Gasteiger partial charge in [-0.05, 0) is 28.4 Å². The number of hydrogen-bond acceptors (Lipinski definition) is 4. The Balaban J connectivity index is 2.78. The minimum atomic E-state index is -0.375. The molecular weight excluding hydrogens is 295 g/mol. The van der Waals surface area contributed by atoms with Crippen molar-refractivity contribution in [3.63, 3.8) is 0 Å². The molecule has 0 aliphatic rings. The largest absolute Gasteiger partial charge is 0.467 e. The van der Waals surface area contributed by atoms with Crippen LogP contribution in [0.2, 0.25) is 5.15 Å². The van der Waals surface area contributed by atoms with Crippen molar-refractivity contribution >= 4 is 39.2 Å². The number of halogens is 2. The van der Waals surface area contributed by atoms with Crippen LogP contribution >= 0.6 is 27.5 Å². The minimum Gasteiger partial charge on any atom is -0.467 e. The van der Waals surface area contributed by atoms with Crippen LogP contribution in [0.3, 0.4) is 0 Å². The van der Waals surface area contributed by atoms with Gasteiger partial charge in [0.15, 0.2) is 0 Å². The summed E-state index contributed by atoms with van der Waals surface area (Å²) in [5.41, 5.74) is 0.716. The summed E-state index contributed by atoms with van der Waals surface area (Å²) in [6, 6.07) is 1.39. The van der Waals surface area contributed by atoms with Crippen LogP contribution in [-0.2, 0) is 9.53 Å². The zero-order chi connectivity index (χ0) is 12.1. The van der Waals surface area contributed by atoms with Crippen LogP contribution in [0.15, 0.2) is 16.7 Å². The van der Waals surface area contributed by atoms with E-state index in [1.165, 1.54) is 7.11 Å². The van der Waals surface area contributed by atoms with E-state index in [0.29, 0.717) is 21.7 Å². The maximum atomic E-state index is 11.4. The summed E-state index contributed by atoms with van der Waals surface area (Å²) in [7, 11) is 1.36. The summed E-state index contributed by atoms with van der Waals surface area (Å²) in [5.74, 6) is -0.298. The molecule has 16 heavy (non-hydrogen) atoms. The third kappa shape index (κ3) is 3.35. The number of ether oxygens (including phenoxy) is 1. The van der Waals surface area contributed by atoms with E-state index in [9.17, 15) is 4.79 Å². The van der Waals surface area contributed by atoms with Gasteiger partial charge < -0.3 is 10.1 Å². The third-order valence-electron chi connectivity index (χ3n) is 2.03. The number of carbonyl (C=O) groups excluding carboxylic acids is 1. The quantitative estimate of drug-likeness (QED) is 0.686. The Morgan fingerprint density at radius 2 is 2.44 bits per heavy atom. The Labute approximate surface area is 107 Å². The van der Waals surface area contributed by atoms with Gasteiger partial charge in [-0.2, -0.15) is 0 Å². The number of esters is 1. The maximum absolute atomic E-state index is 11.4. The van der Waals surface area contributed by atoms with Crippen molar-refractivity contribution in [2.75, 3.05) is 12.4 Å². The Hall–Kier alpha value is -0.810. The van der Waals surface area contributed by atoms with Crippen LogP contribution in [-0.4, -0.2) is 24.1 Å². The Morgan fingerprint density at radius 3 is 2.94 bits per heavy atom. The molecule has 0 radical (unpaired) electrons. The number of carbonyl (C=O) groups is 1. The van der Waals surface area contributed by atoms with Gasteiger partial charge in [-0.25, -0.2) is 9.78 Å². The van der Waals surface area contributed by atoms with Crippen molar-refractivity contribution in [1.29, 1.82) is 0 Å². The SMILES string of the molecule is CCC(Nc1cnc(Cl)c(Br)c1)C(=O)OC. The Kier molecular flexibility index (Phi) is 5.02. The fraction of sp³-hybridized carbons (Fsp3) is 0.400. The highest BCUT2D eigenvalue weighted by atomic mass is 79.9. The molecule has 1 aromatic heterocycles. The fourth-order valence-corrected chi connectivity index (χ4v) is 1.62. The lowest BCUT2D eigenvalue weighted by Crippen LogP contribution is -2.29. The van der Waals surface area contributed by atoms with Crippen molar-refractivity contribution in [2.24, 2.45) is 0 Å². The molecule has 6 heteroatoms. The molecule has 0 spiro atoms. The molecule has 88 valence electrons. The first-order valence-corrected chi connectivity index (χ1v) is 5.91. The normalized spacial score (nSPS) is 12.0. The number of nitrogens with one attached hydrogen (secondary N) is 1. The van der Waals surface area contributed by atoms with E-state index in [2.05, 4.69) is 31.0 Å². The molecule has 0 amide bonds. The zero-order valence-corrected chi connectivity index (χ0v) is 11.3. The number of anilines is 1. The van der Waals surface area contributed by atoms with Crippen LogP contribution in [0.5, 0.6) is 0 Å². The molecule has 4 nitrogen and oxygen atoms in total. The molecule has 1 heterocycles. The molecule has 0 aliphatic carbocycles. The van der Waals surface area contributed by atoms with Crippen LogP contribution in [0, 0.1) is 0 Å². The molecule has 0 fully saturated rings. The lowest BCUT2D eigenvalue weighted by atomic mass is 10.2. The molecule has 1 rings (SSSR count). The number of aromatic nitrogens is 1. The number of hydrogen-bond donors (Lipinski definition) is 1. The van der Waals surface area contributed by atoms with Gasteiger partial charge in [0.1, 0.15) is 11.2 Å². The summed E-state index contributed by atoms with van der Waals surface area (Å²) >= 11 is 9.02. The van der Waals surface area contributed by atoms with Crippen molar-refractivity contribution in [3.8, 4) is 0 Å². The van der Waals surface area contributed by atoms with E-state index in [0.717, 1.165) is 0 Å². The van der Waals surface area contributed by atoms with E-state index >= 15 is 0 Å². The molecule has 1 aromatic rings. The van der Waals surface area contributed by atoms with Gasteiger partial charge in [0.2, 0.25) is 0 Å². The van der Waals surface area contributed by atoms with Gasteiger partial charge in [0.25, 0.3) is 0 Å². The molecule has 1 unspecified atom stereocenters. The maximum Gasteiger partial charge on any atom is 0.328 e. The second-order valence-corrected chi connectivity index (χ2v) is 4.34. The highest BCUT2D eigenvalue weighted by molar-refractivity contribution is 9.10. The van der Waals surface area contributed by atoms with Crippen LogP contribution < -0.4 is 5.32 Å². The molecule has 0 aliphatic heterocycles. The number of nitrogens with zero attached hydrogens (tertiary/aromatic N) is 1. The highest BCUT2D eigenvalue weighted by Gasteiger charge is 2.16. The zero-order valence-electron chi connectivity index (χ0n) is 8.96. The summed E-state index contributed by atoms with van der Waals surface area (Å²) in [5, 5.41) is 3.41. The van der Waals surface area contributed by atoms with Crippen molar-refractivity contribution < 1.29 is 9.53 Å². The molecule has 1 N–H and O–H groups in total. The first-order chi connectivity index (χ1) is 7.58. The lowest BCUT2D eigenvalue weighted by Gasteiger charge is -2.15. The molecule has 0 saturated heterocycles. The summed E-state index contributed by atoms with van der Waals surface area (Å²) in [6.45, 7) is 1.90. The number of methoxy groups -OCH3 is 1. The second kappa shape index (κ2) is 6.06. The van der Waals surface area contributed by atoms with Crippen molar-refractivity contribution in [1.82, 2.24) is 4.98 Å². The predicted octanol–water partition coefficient (Wildman–Crippen LogP) is 2.86. The first-order valence-electron chi connectivity index (χ1n) is 4.73. The van der Waals surface area contributed by atoms with E-state index in [1.54, 1.807) is 12.3 Å². The van der Waals surface area contributed by atoms with Crippen molar-refractivity contribution in [2.45, 2.75) is 19.4 Å². The van der Waals surface area contributed by atoms with Crippen LogP contribution in [0.1, 0.15) is 13.3 Å². The van der Waals surface area contributed by atoms with E-state index in [-0.39, 0.29) is 12.0 Å². The van der Waals surface area contributed by atoms with Gasteiger partial charge in [-0.1, -0.05) is 18.5 Å². The van der Waals surface area contributed by atoms with E-state index in [4.69, 9.17) is 11.6 Å². The topological polar surface area (TPSA) is 51.2 Å². The first kappa shape index (κ1) is 13.3. The molecular formula is C10H12BrClN2O2. The predicted molar refractivity (Wildman–Crippen MR) is 66.7 cm³/mol. The van der Waals surface area contributed by atoms with Gasteiger partial charge >= 0.3 is 5.97 Å². The van der Waals surface area contributed by atoms with E-state index in [1.807, 2.05) is 6.92 Å². The molecule has 0 bridgehead atoms. The lowest BCUT2D eigenvalue weighted by molar-refractivity contribution is -0.141. The summed E-state index contributed by atoms with van der Waals surface area (Å²) in [6.07, 6.45) is 2.20. The van der Waals surface area contributed by atoms with Gasteiger partial charge in [-0.15, -0.1) is 0 Å². The third-order valence-corrected chi connectivity index (χ3v) is 3.17. The average molecular weight is 308 g/mol. The molecule has 1 atom stereocenters. The van der Waals surface area contributed by atoms with Crippen LogP contribution in [0.25, 0.3) is 0 Å². The average Bonchev–Trinajstić information content (AvgIpc) is 2.29. The number of rotatable bonds is 4. The number of pyridine rings is 1. The van der Waals surface area contributed by atoms with Crippen LogP contribution in [0.4, 0.5) is 5.69 Å². The Bertz CT molecular complexity index is 387. The molecule has 0 saturated carbocycles. The monoisotopic (exact) mass is 306 g/mol. The van der Waals surface area contributed by atoms with Gasteiger partial charge in [0.05, 0.1) is 23.5 Å². The van der Waals surface area contributed by atoms with Crippen molar-refractivity contribution in [3.05, 3.63) is 21.9 Å². The standard InChI is InChI=1S/C10H12BrClN2O2/c1-3-8(10(15)16-2)14-6-4-7(11)9(12)13-5-6/h4-5,8,14H,3H2,1-2H3. The van der Waals surface area contributed by atoms with Gasteiger partial charge in [0, 0.05) is 0 Å². The minimum absolute atomic E-state index is 0.298. The smallest absolute Gasteiger partial charge is 0.328 e.